The van der Waals surface area contributed by atoms with Crippen molar-refractivity contribution in [2.75, 3.05) is 26.2 Å². The summed E-state index contributed by atoms with van der Waals surface area (Å²) >= 11 is 0. The van der Waals surface area contributed by atoms with E-state index in [1.165, 1.54) is 4.90 Å². The molecule has 12 nitrogen and oxygen atoms in total. The summed E-state index contributed by atoms with van der Waals surface area (Å²) in [5, 5.41) is 16.2. The zero-order valence-corrected chi connectivity index (χ0v) is 14.9. The second-order valence-corrected chi connectivity index (χ2v) is 6.06. The average Bonchev–Trinajstić information content (AvgIpc) is 3.10. The number of amides is 5. The molecule has 1 heterocycles. The normalized spacial score (nSPS) is 17.1. The van der Waals surface area contributed by atoms with E-state index in [-0.39, 0.29) is 25.4 Å². The second-order valence-electron chi connectivity index (χ2n) is 6.06. The van der Waals surface area contributed by atoms with Crippen LogP contribution in [0.1, 0.15) is 25.7 Å². The van der Waals surface area contributed by atoms with Crippen LogP contribution in [0.15, 0.2) is 0 Å². The zero-order chi connectivity index (χ0) is 20.4. The number of likely N-dealkylation sites (tertiary alicyclic amines) is 1. The minimum absolute atomic E-state index is 0.0801. The van der Waals surface area contributed by atoms with Gasteiger partial charge in [0.05, 0.1) is 13.1 Å². The van der Waals surface area contributed by atoms with Crippen LogP contribution in [-0.2, 0) is 19.2 Å². The maximum absolute atomic E-state index is 12.2. The topological polar surface area (TPSA) is 197 Å². The average molecular weight is 386 g/mol. The van der Waals surface area contributed by atoms with Gasteiger partial charge in [-0.25, -0.2) is 9.59 Å². The molecule has 0 spiro atoms. The molecule has 0 aromatic rings. The molecule has 12 heteroatoms. The van der Waals surface area contributed by atoms with E-state index in [0.29, 0.717) is 25.8 Å². The van der Waals surface area contributed by atoms with Gasteiger partial charge in [-0.15, -0.1) is 0 Å². The lowest BCUT2D eigenvalue weighted by Crippen LogP contribution is -2.51. The van der Waals surface area contributed by atoms with Crippen LogP contribution in [-0.4, -0.2) is 78.0 Å². The fourth-order valence-electron chi connectivity index (χ4n) is 2.76. The van der Waals surface area contributed by atoms with Crippen LogP contribution in [0.2, 0.25) is 0 Å². The van der Waals surface area contributed by atoms with E-state index in [1.807, 2.05) is 0 Å². The number of nitrogens with zero attached hydrogens (tertiary/aromatic N) is 1. The molecule has 0 bridgehead atoms. The number of hydrogen-bond acceptors (Lipinski definition) is 6. The first-order chi connectivity index (χ1) is 12.8. The largest absolute Gasteiger partial charge is 0.480 e. The molecule has 5 amide bonds. The van der Waals surface area contributed by atoms with E-state index in [9.17, 15) is 24.0 Å². The molecule has 1 rings (SSSR count). The number of carboxylic acids is 1. The van der Waals surface area contributed by atoms with Crippen molar-refractivity contribution < 1.29 is 29.1 Å². The van der Waals surface area contributed by atoms with Gasteiger partial charge in [-0.3, -0.25) is 14.4 Å². The molecule has 8 N–H and O–H groups in total. The number of nitrogens with two attached hydrogens (primary N) is 2. The lowest BCUT2D eigenvalue weighted by molar-refractivity contribution is -0.142. The Hall–Kier alpha value is -2.89. The number of primary amides is 1. The number of carbonyl (C=O) groups is 5. The summed E-state index contributed by atoms with van der Waals surface area (Å²) in [5.41, 5.74) is 10.2. The van der Waals surface area contributed by atoms with Crippen molar-refractivity contribution in [1.29, 1.82) is 0 Å². The molecule has 1 saturated heterocycles. The number of hydrogen-bond donors (Lipinski definition) is 6. The molecule has 1 aliphatic heterocycles. The molecule has 27 heavy (non-hydrogen) atoms. The van der Waals surface area contributed by atoms with Crippen molar-refractivity contribution in [3.8, 4) is 0 Å². The number of carbonyl (C=O) groups excluding carboxylic acids is 4. The van der Waals surface area contributed by atoms with Gasteiger partial charge in [0.1, 0.15) is 12.1 Å². The van der Waals surface area contributed by atoms with E-state index in [1.54, 1.807) is 0 Å². The monoisotopic (exact) mass is 386 g/mol. The summed E-state index contributed by atoms with van der Waals surface area (Å²) in [6.45, 7) is -0.00236. The number of urea groups is 1. The van der Waals surface area contributed by atoms with Gasteiger partial charge < -0.3 is 37.4 Å². The van der Waals surface area contributed by atoms with Crippen LogP contribution in [0.4, 0.5) is 4.79 Å². The zero-order valence-electron chi connectivity index (χ0n) is 14.9. The van der Waals surface area contributed by atoms with Crippen LogP contribution < -0.4 is 27.4 Å². The Morgan fingerprint density at radius 2 is 1.89 bits per heavy atom. The van der Waals surface area contributed by atoms with Gasteiger partial charge >= 0.3 is 12.0 Å². The summed E-state index contributed by atoms with van der Waals surface area (Å²) in [6.07, 6.45) is 1.52. The highest BCUT2D eigenvalue weighted by atomic mass is 16.4. The van der Waals surface area contributed by atoms with Crippen molar-refractivity contribution in [3.63, 3.8) is 0 Å². The Labute approximate surface area is 156 Å². The Morgan fingerprint density at radius 1 is 1.19 bits per heavy atom. The van der Waals surface area contributed by atoms with Crippen LogP contribution in [0.25, 0.3) is 0 Å². The molecule has 1 aliphatic rings. The van der Waals surface area contributed by atoms with Gasteiger partial charge in [-0.1, -0.05) is 0 Å². The first-order valence-corrected chi connectivity index (χ1v) is 8.59. The summed E-state index contributed by atoms with van der Waals surface area (Å²) in [7, 11) is 0. The summed E-state index contributed by atoms with van der Waals surface area (Å²) in [4.78, 5) is 58.9. The van der Waals surface area contributed by atoms with Crippen LogP contribution in [0, 0.1) is 0 Å². The van der Waals surface area contributed by atoms with E-state index >= 15 is 0 Å². The Bertz CT molecular complexity index is 583. The van der Waals surface area contributed by atoms with Crippen molar-refractivity contribution in [1.82, 2.24) is 20.9 Å². The van der Waals surface area contributed by atoms with Crippen molar-refractivity contribution in [2.45, 2.75) is 37.8 Å². The van der Waals surface area contributed by atoms with Crippen LogP contribution >= 0.6 is 0 Å². The standard InChI is InChI=1S/C15H26N6O6/c16-7-12(23)21-6-2-4-10(21)13(24)19-8-11(22)20-9(14(25)26)3-1-5-18-15(17)27/h9-10H,1-8,16H2,(H,19,24)(H,20,22)(H,25,26)(H3,17,18,27)/t9-,10-/m0/s1. The van der Waals surface area contributed by atoms with Gasteiger partial charge in [0, 0.05) is 13.1 Å². The maximum atomic E-state index is 12.2. The summed E-state index contributed by atoms with van der Waals surface area (Å²) in [6, 6.07) is -2.56. The highest BCUT2D eigenvalue weighted by Gasteiger charge is 2.33. The van der Waals surface area contributed by atoms with Gasteiger partial charge in [-0.2, -0.15) is 0 Å². The molecular weight excluding hydrogens is 360 g/mol. The van der Waals surface area contributed by atoms with Gasteiger partial charge in [-0.05, 0) is 25.7 Å². The molecular formula is C15H26N6O6. The molecule has 0 aromatic heterocycles. The van der Waals surface area contributed by atoms with Crippen molar-refractivity contribution in [2.24, 2.45) is 11.5 Å². The third-order valence-electron chi connectivity index (χ3n) is 4.08. The van der Waals surface area contributed by atoms with E-state index in [4.69, 9.17) is 16.6 Å². The first-order valence-electron chi connectivity index (χ1n) is 8.59. The first kappa shape index (κ1) is 22.2. The molecule has 2 atom stereocenters. The number of carboxylic acid groups (broad SMARTS) is 1. The summed E-state index contributed by atoms with van der Waals surface area (Å²) < 4.78 is 0. The number of nitrogens with one attached hydrogen (secondary N) is 3. The van der Waals surface area contributed by atoms with Crippen LogP contribution in [0.5, 0.6) is 0 Å². The third kappa shape index (κ3) is 7.48. The Balaban J connectivity index is 2.42. The van der Waals surface area contributed by atoms with Crippen LogP contribution in [0.3, 0.4) is 0 Å². The predicted molar refractivity (Wildman–Crippen MR) is 93.2 cm³/mol. The van der Waals surface area contributed by atoms with Crippen molar-refractivity contribution >= 4 is 29.7 Å². The quantitative estimate of drug-likeness (QED) is 0.216. The Morgan fingerprint density at radius 3 is 2.48 bits per heavy atom. The minimum Gasteiger partial charge on any atom is -0.480 e. The maximum Gasteiger partial charge on any atom is 0.326 e. The Kier molecular flexibility index (Phi) is 8.99. The van der Waals surface area contributed by atoms with Gasteiger partial charge in [0.25, 0.3) is 0 Å². The van der Waals surface area contributed by atoms with Crippen molar-refractivity contribution in [3.05, 3.63) is 0 Å². The van der Waals surface area contributed by atoms with Gasteiger partial charge in [0.15, 0.2) is 0 Å². The molecule has 0 aromatic carbocycles. The molecule has 152 valence electrons. The van der Waals surface area contributed by atoms with E-state index < -0.39 is 42.4 Å². The molecule has 0 aliphatic carbocycles. The predicted octanol–water partition coefficient (Wildman–Crippen LogP) is -2.93. The second kappa shape index (κ2) is 11.0. The molecule has 0 radical (unpaired) electrons. The lowest BCUT2D eigenvalue weighted by Gasteiger charge is -2.23. The highest BCUT2D eigenvalue weighted by Crippen LogP contribution is 2.17. The molecule has 1 fully saturated rings. The SMILES string of the molecule is NCC(=O)N1CCC[C@H]1C(=O)NCC(=O)N[C@@H](CCCNC(N)=O)C(=O)O. The fraction of sp³-hybridized carbons (Fsp3) is 0.667. The van der Waals surface area contributed by atoms with E-state index in [0.717, 1.165) is 0 Å². The number of rotatable bonds is 10. The molecule has 0 saturated carbocycles. The minimum atomic E-state index is -1.23. The summed E-state index contributed by atoms with van der Waals surface area (Å²) in [5.74, 6) is -2.73. The number of aliphatic carboxylic acids is 1. The van der Waals surface area contributed by atoms with Gasteiger partial charge in [0.2, 0.25) is 17.7 Å². The van der Waals surface area contributed by atoms with E-state index in [2.05, 4.69) is 16.0 Å². The molecule has 0 unspecified atom stereocenters. The fourth-order valence-corrected chi connectivity index (χ4v) is 2.76. The highest BCUT2D eigenvalue weighted by molar-refractivity contribution is 5.92. The smallest absolute Gasteiger partial charge is 0.326 e. The third-order valence-corrected chi connectivity index (χ3v) is 4.08. The lowest BCUT2D eigenvalue weighted by atomic mass is 10.1.